The SMILES string of the molecule is Cc1c(CCC(=O)CCCNC(=O)CCNC(=O)CCN2C(=O)C=CC2=O)n(C)c(C)cc1=O. The number of amides is 4. The number of ketones is 1. The summed E-state index contributed by atoms with van der Waals surface area (Å²) in [5, 5.41) is 5.29. The predicted molar refractivity (Wildman–Crippen MR) is 125 cm³/mol. The third-order valence-electron chi connectivity index (χ3n) is 5.81. The van der Waals surface area contributed by atoms with E-state index in [0.29, 0.717) is 37.8 Å². The van der Waals surface area contributed by atoms with Crippen molar-refractivity contribution in [2.75, 3.05) is 19.6 Å². The molecule has 0 spiro atoms. The molecule has 1 aliphatic heterocycles. The van der Waals surface area contributed by atoms with Crippen LogP contribution in [0.5, 0.6) is 0 Å². The lowest BCUT2D eigenvalue weighted by molar-refractivity contribution is -0.137. The normalized spacial score (nSPS) is 12.9. The fourth-order valence-corrected chi connectivity index (χ4v) is 3.61. The second-order valence-electron chi connectivity index (χ2n) is 8.28. The molecule has 0 radical (unpaired) electrons. The molecule has 10 nitrogen and oxygen atoms in total. The number of carbonyl (C=O) groups is 5. The molecule has 4 amide bonds. The second-order valence-corrected chi connectivity index (χ2v) is 8.28. The van der Waals surface area contributed by atoms with Crippen molar-refractivity contribution in [2.24, 2.45) is 7.05 Å². The van der Waals surface area contributed by atoms with E-state index in [0.717, 1.165) is 28.4 Å². The maximum atomic E-state index is 12.2. The van der Waals surface area contributed by atoms with Crippen molar-refractivity contribution < 1.29 is 24.0 Å². The number of hydrogen-bond donors (Lipinski definition) is 2. The minimum atomic E-state index is -0.438. The minimum Gasteiger partial charge on any atom is -0.356 e. The Hall–Kier alpha value is -3.56. The number of hydrogen-bond acceptors (Lipinski definition) is 6. The van der Waals surface area contributed by atoms with Crippen molar-refractivity contribution in [3.8, 4) is 0 Å². The maximum Gasteiger partial charge on any atom is 0.253 e. The molecule has 0 atom stereocenters. The van der Waals surface area contributed by atoms with Crippen molar-refractivity contribution >= 4 is 29.4 Å². The van der Waals surface area contributed by atoms with E-state index in [4.69, 9.17) is 0 Å². The highest BCUT2D eigenvalue weighted by Crippen LogP contribution is 2.10. The molecule has 0 bridgehead atoms. The molecule has 0 saturated carbocycles. The van der Waals surface area contributed by atoms with Crippen LogP contribution >= 0.6 is 0 Å². The molecule has 2 heterocycles. The molecule has 1 aliphatic rings. The number of nitrogens with zero attached hydrogens (tertiary/aromatic N) is 2. The van der Waals surface area contributed by atoms with Crippen LogP contribution in [-0.2, 0) is 37.4 Å². The largest absolute Gasteiger partial charge is 0.356 e. The van der Waals surface area contributed by atoms with Crippen LogP contribution in [0.2, 0.25) is 0 Å². The monoisotopic (exact) mass is 472 g/mol. The maximum absolute atomic E-state index is 12.2. The third kappa shape index (κ3) is 7.79. The highest BCUT2D eigenvalue weighted by Gasteiger charge is 2.23. The zero-order valence-electron chi connectivity index (χ0n) is 19.9. The van der Waals surface area contributed by atoms with Gasteiger partial charge in [0.1, 0.15) is 5.78 Å². The molecule has 0 aromatic carbocycles. The Morgan fingerprint density at radius 3 is 2.15 bits per heavy atom. The van der Waals surface area contributed by atoms with Crippen molar-refractivity contribution in [3.63, 3.8) is 0 Å². The van der Waals surface area contributed by atoms with Crippen molar-refractivity contribution in [3.05, 3.63) is 45.4 Å². The third-order valence-corrected chi connectivity index (χ3v) is 5.81. The summed E-state index contributed by atoms with van der Waals surface area (Å²) in [6.45, 7) is 4.12. The van der Waals surface area contributed by atoms with Gasteiger partial charge in [-0.2, -0.15) is 0 Å². The average Bonchev–Trinajstić information content (AvgIpc) is 3.11. The van der Waals surface area contributed by atoms with Gasteiger partial charge in [0.05, 0.1) is 0 Å². The van der Waals surface area contributed by atoms with E-state index >= 15 is 0 Å². The number of carbonyl (C=O) groups excluding carboxylic acids is 5. The number of Topliss-reactive ketones (excluding diaryl/α,β-unsaturated/α-hetero) is 1. The molecule has 184 valence electrons. The van der Waals surface area contributed by atoms with E-state index in [9.17, 15) is 28.8 Å². The zero-order chi connectivity index (χ0) is 25.3. The summed E-state index contributed by atoms with van der Waals surface area (Å²) < 4.78 is 1.94. The van der Waals surface area contributed by atoms with E-state index in [1.165, 1.54) is 0 Å². The first-order valence-corrected chi connectivity index (χ1v) is 11.3. The molecule has 10 heteroatoms. The number of pyridine rings is 1. The standard InChI is InChI=1S/C24H32N4O6/c1-16-15-20(30)17(2)19(27(16)3)7-6-18(29)5-4-12-25-21(31)10-13-26-22(32)11-14-28-23(33)8-9-24(28)34/h8-9,15H,4-7,10-14H2,1-3H3,(H,25,31)(H,26,32). The van der Waals surface area contributed by atoms with E-state index < -0.39 is 11.8 Å². The van der Waals surface area contributed by atoms with Gasteiger partial charge in [0.2, 0.25) is 11.8 Å². The van der Waals surface area contributed by atoms with Crippen LogP contribution in [-0.4, -0.2) is 58.5 Å². The summed E-state index contributed by atoms with van der Waals surface area (Å²) >= 11 is 0. The number of aromatic nitrogens is 1. The Kier molecular flexibility index (Phi) is 9.91. The number of rotatable bonds is 13. The molecule has 2 N–H and O–H groups in total. The van der Waals surface area contributed by atoms with Crippen LogP contribution in [0.1, 0.15) is 49.1 Å². The fraction of sp³-hybridized carbons (Fsp3) is 0.500. The summed E-state index contributed by atoms with van der Waals surface area (Å²) in [7, 11) is 1.88. The van der Waals surface area contributed by atoms with Gasteiger partial charge in [-0.05, 0) is 26.7 Å². The molecular weight excluding hydrogens is 440 g/mol. The highest BCUT2D eigenvalue weighted by molar-refractivity contribution is 6.13. The molecule has 2 rings (SSSR count). The van der Waals surface area contributed by atoms with Gasteiger partial charge < -0.3 is 15.2 Å². The Bertz CT molecular complexity index is 1040. The van der Waals surface area contributed by atoms with Gasteiger partial charge in [-0.1, -0.05) is 0 Å². The first-order chi connectivity index (χ1) is 16.1. The highest BCUT2D eigenvalue weighted by atomic mass is 16.2. The lowest BCUT2D eigenvalue weighted by Crippen LogP contribution is -2.36. The topological polar surface area (TPSA) is 135 Å². The zero-order valence-corrected chi connectivity index (χ0v) is 19.9. The van der Waals surface area contributed by atoms with Crippen LogP contribution < -0.4 is 16.1 Å². The summed E-state index contributed by atoms with van der Waals surface area (Å²) in [6, 6.07) is 1.59. The van der Waals surface area contributed by atoms with Crippen LogP contribution in [0.25, 0.3) is 0 Å². The average molecular weight is 473 g/mol. The van der Waals surface area contributed by atoms with E-state index in [2.05, 4.69) is 10.6 Å². The molecule has 1 aromatic rings. The lowest BCUT2D eigenvalue weighted by atomic mass is 10.0. The first kappa shape index (κ1) is 26.7. The minimum absolute atomic E-state index is 0.00349. The summed E-state index contributed by atoms with van der Waals surface area (Å²) in [5.74, 6) is -1.41. The lowest BCUT2D eigenvalue weighted by Gasteiger charge is -2.14. The smallest absolute Gasteiger partial charge is 0.253 e. The van der Waals surface area contributed by atoms with Gasteiger partial charge in [0.25, 0.3) is 11.8 Å². The van der Waals surface area contributed by atoms with Gasteiger partial charge in [0, 0.05) is 87.5 Å². The number of nitrogens with one attached hydrogen (secondary N) is 2. The van der Waals surface area contributed by atoms with Crippen LogP contribution in [0.15, 0.2) is 23.0 Å². The molecule has 34 heavy (non-hydrogen) atoms. The van der Waals surface area contributed by atoms with Crippen molar-refractivity contribution in [1.29, 1.82) is 0 Å². The first-order valence-electron chi connectivity index (χ1n) is 11.3. The Morgan fingerprint density at radius 2 is 1.47 bits per heavy atom. The second kappa shape index (κ2) is 12.6. The Morgan fingerprint density at radius 1 is 0.853 bits per heavy atom. The molecule has 0 saturated heterocycles. The van der Waals surface area contributed by atoms with Crippen molar-refractivity contribution in [1.82, 2.24) is 20.1 Å². The quantitative estimate of drug-likeness (QED) is 0.312. The molecule has 0 aliphatic carbocycles. The number of imide groups is 1. The fourth-order valence-electron chi connectivity index (χ4n) is 3.61. The van der Waals surface area contributed by atoms with Gasteiger partial charge in [-0.15, -0.1) is 0 Å². The van der Waals surface area contributed by atoms with Gasteiger partial charge in [-0.3, -0.25) is 33.7 Å². The Labute approximate surface area is 198 Å². The molecule has 0 fully saturated rings. The summed E-state index contributed by atoms with van der Waals surface area (Å²) in [6.07, 6.45) is 4.05. The van der Waals surface area contributed by atoms with Crippen LogP contribution in [0.4, 0.5) is 0 Å². The summed E-state index contributed by atoms with van der Waals surface area (Å²) in [4.78, 5) is 71.7. The van der Waals surface area contributed by atoms with Crippen molar-refractivity contribution in [2.45, 2.75) is 52.4 Å². The van der Waals surface area contributed by atoms with E-state index in [1.807, 2.05) is 18.5 Å². The van der Waals surface area contributed by atoms with Crippen LogP contribution in [0, 0.1) is 13.8 Å². The van der Waals surface area contributed by atoms with Gasteiger partial charge in [0.15, 0.2) is 5.43 Å². The predicted octanol–water partition coefficient (Wildman–Crippen LogP) is 0.222. The molecular formula is C24H32N4O6. The van der Waals surface area contributed by atoms with Gasteiger partial charge >= 0.3 is 0 Å². The van der Waals surface area contributed by atoms with E-state index in [1.54, 1.807) is 13.0 Å². The number of aryl methyl sites for hydroxylation is 1. The molecule has 1 aromatic heterocycles. The Balaban J connectivity index is 1.56. The molecule has 0 unspecified atom stereocenters. The van der Waals surface area contributed by atoms with Gasteiger partial charge in [-0.25, -0.2) is 0 Å². The van der Waals surface area contributed by atoms with Crippen LogP contribution in [0.3, 0.4) is 0 Å². The summed E-state index contributed by atoms with van der Waals surface area (Å²) in [5.41, 5.74) is 2.36. The van der Waals surface area contributed by atoms with E-state index in [-0.39, 0.29) is 49.0 Å².